The number of carbonyl (C=O) groups excluding carboxylic acids is 1. The van der Waals surface area contributed by atoms with Gasteiger partial charge in [0.05, 0.1) is 23.6 Å². The number of halogens is 1. The van der Waals surface area contributed by atoms with Gasteiger partial charge < -0.3 is 20.5 Å². The number of aliphatic hydroxyl groups is 1. The summed E-state index contributed by atoms with van der Waals surface area (Å²) >= 11 is 0. The van der Waals surface area contributed by atoms with E-state index < -0.39 is 34.0 Å². The van der Waals surface area contributed by atoms with Gasteiger partial charge in [-0.3, -0.25) is 0 Å². The highest BCUT2D eigenvalue weighted by atomic mass is 32.2. The Morgan fingerprint density at radius 1 is 1.19 bits per heavy atom. The average molecular weight is 466 g/mol. The van der Waals surface area contributed by atoms with Crippen molar-refractivity contribution in [2.75, 3.05) is 18.5 Å². The maximum absolute atomic E-state index is 13.3. The number of carbonyl (C=O) groups is 1. The smallest absolute Gasteiger partial charge is 0.319 e. The molecule has 8 nitrogen and oxygen atoms in total. The first-order valence-corrected chi connectivity index (χ1v) is 11.9. The van der Waals surface area contributed by atoms with Crippen LogP contribution in [0.15, 0.2) is 53.4 Å². The summed E-state index contributed by atoms with van der Waals surface area (Å²) in [6.07, 6.45) is 0.701. The number of hydrogen-bond donors (Lipinski definition) is 4. The summed E-state index contributed by atoms with van der Waals surface area (Å²) in [4.78, 5) is 12.4. The van der Waals surface area contributed by atoms with Gasteiger partial charge in [-0.2, -0.15) is 0 Å². The summed E-state index contributed by atoms with van der Waals surface area (Å²) < 4.78 is 46.5. The Balaban J connectivity index is 1.46. The minimum atomic E-state index is -3.60. The van der Waals surface area contributed by atoms with Crippen molar-refractivity contribution < 1.29 is 27.4 Å². The third-order valence-corrected chi connectivity index (χ3v) is 6.76. The second-order valence-corrected chi connectivity index (χ2v) is 9.54. The van der Waals surface area contributed by atoms with Gasteiger partial charge in [0.15, 0.2) is 0 Å². The van der Waals surface area contributed by atoms with E-state index in [2.05, 4.69) is 15.4 Å². The average Bonchev–Trinajstić information content (AvgIpc) is 2.75. The molecule has 0 aromatic heterocycles. The number of hydrogen-bond acceptors (Lipinski definition) is 5. The molecule has 0 bridgehead atoms. The van der Waals surface area contributed by atoms with Crippen LogP contribution in [0.4, 0.5) is 14.9 Å². The number of aryl methyl sites for hydroxylation is 1. The second-order valence-electron chi connectivity index (χ2n) is 7.77. The molecular weight excluding hydrogens is 437 g/mol. The summed E-state index contributed by atoms with van der Waals surface area (Å²) in [5.41, 5.74) is 1.29. The number of amides is 2. The maximum Gasteiger partial charge on any atom is 0.319 e. The van der Waals surface area contributed by atoms with Crippen LogP contribution in [-0.2, 0) is 14.8 Å². The lowest BCUT2D eigenvalue weighted by molar-refractivity contribution is -0.0884. The van der Waals surface area contributed by atoms with E-state index in [1.165, 1.54) is 18.2 Å². The lowest BCUT2D eigenvalue weighted by Gasteiger charge is -2.36. The molecular formula is C22H28FN3O5S. The first kappa shape index (κ1) is 24.1. The number of benzene rings is 2. The Labute approximate surface area is 187 Å². The summed E-state index contributed by atoms with van der Waals surface area (Å²) in [7, 11) is -3.60. The Morgan fingerprint density at radius 2 is 1.94 bits per heavy atom. The SMILES string of the molecule is Cc1ccc(S(=O)(=O)NCC[C@@H]2CC[C@@H](NC(=O)Nc3cccc(F)c3)[C@@H](CO)O2)cc1. The molecule has 0 spiro atoms. The quantitative estimate of drug-likeness (QED) is 0.478. The van der Waals surface area contributed by atoms with E-state index in [0.29, 0.717) is 24.9 Å². The van der Waals surface area contributed by atoms with E-state index in [-0.39, 0.29) is 24.2 Å². The highest BCUT2D eigenvalue weighted by molar-refractivity contribution is 7.89. The molecule has 0 radical (unpaired) electrons. The van der Waals surface area contributed by atoms with E-state index in [9.17, 15) is 22.7 Å². The third-order valence-electron chi connectivity index (χ3n) is 5.28. The number of ether oxygens (including phenoxy) is 1. The zero-order chi connectivity index (χ0) is 23.1. The van der Waals surface area contributed by atoms with Gasteiger partial charge in [0.25, 0.3) is 0 Å². The van der Waals surface area contributed by atoms with Crippen LogP contribution in [0.1, 0.15) is 24.8 Å². The van der Waals surface area contributed by atoms with Crippen LogP contribution in [0.2, 0.25) is 0 Å². The Kier molecular flexibility index (Phi) is 8.19. The number of nitrogens with one attached hydrogen (secondary N) is 3. The van der Waals surface area contributed by atoms with E-state index in [0.717, 1.165) is 5.56 Å². The Hall–Kier alpha value is -2.53. The van der Waals surface area contributed by atoms with Crippen LogP contribution in [0.5, 0.6) is 0 Å². The van der Waals surface area contributed by atoms with Gasteiger partial charge in [-0.1, -0.05) is 23.8 Å². The van der Waals surface area contributed by atoms with Crippen LogP contribution in [-0.4, -0.2) is 51.0 Å². The van der Waals surface area contributed by atoms with Gasteiger partial charge in [0, 0.05) is 12.2 Å². The zero-order valence-corrected chi connectivity index (χ0v) is 18.6. The fraction of sp³-hybridized carbons (Fsp3) is 0.409. The van der Waals surface area contributed by atoms with Crippen LogP contribution in [0.3, 0.4) is 0 Å². The van der Waals surface area contributed by atoms with Crippen LogP contribution < -0.4 is 15.4 Å². The molecule has 4 N–H and O–H groups in total. The molecule has 2 aromatic rings. The fourth-order valence-electron chi connectivity index (χ4n) is 3.57. The summed E-state index contributed by atoms with van der Waals surface area (Å²) in [6, 6.07) is 11.2. The van der Waals surface area contributed by atoms with Crippen molar-refractivity contribution in [3.8, 4) is 0 Å². The molecule has 2 amide bonds. The van der Waals surface area contributed by atoms with Gasteiger partial charge >= 0.3 is 6.03 Å². The first-order valence-electron chi connectivity index (χ1n) is 10.4. The molecule has 10 heteroatoms. The normalized spacial score (nSPS) is 21.2. The first-order chi connectivity index (χ1) is 15.3. The molecule has 1 heterocycles. The van der Waals surface area contributed by atoms with E-state index in [1.54, 1.807) is 30.3 Å². The zero-order valence-electron chi connectivity index (χ0n) is 17.8. The largest absolute Gasteiger partial charge is 0.394 e. The molecule has 1 saturated heterocycles. The minimum absolute atomic E-state index is 0.192. The molecule has 3 atom stereocenters. The predicted molar refractivity (Wildman–Crippen MR) is 118 cm³/mol. The van der Waals surface area contributed by atoms with Crippen molar-refractivity contribution in [3.63, 3.8) is 0 Å². The van der Waals surface area contributed by atoms with Gasteiger partial charge in [-0.05, 0) is 56.5 Å². The molecule has 32 heavy (non-hydrogen) atoms. The molecule has 2 aromatic carbocycles. The number of rotatable bonds is 8. The van der Waals surface area contributed by atoms with Crippen molar-refractivity contribution >= 4 is 21.7 Å². The molecule has 0 aliphatic carbocycles. The van der Waals surface area contributed by atoms with Gasteiger partial charge in [0.2, 0.25) is 10.0 Å². The van der Waals surface area contributed by atoms with Gasteiger partial charge in [-0.25, -0.2) is 22.3 Å². The van der Waals surface area contributed by atoms with Crippen molar-refractivity contribution in [3.05, 3.63) is 59.9 Å². The number of aliphatic hydroxyl groups excluding tert-OH is 1. The summed E-state index contributed by atoms with van der Waals surface area (Å²) in [5.74, 6) is -0.460. The summed E-state index contributed by atoms with van der Waals surface area (Å²) in [6.45, 7) is 1.78. The van der Waals surface area contributed by atoms with Crippen LogP contribution in [0, 0.1) is 12.7 Å². The van der Waals surface area contributed by atoms with Gasteiger partial charge in [-0.15, -0.1) is 0 Å². The highest BCUT2D eigenvalue weighted by Crippen LogP contribution is 2.22. The molecule has 1 fully saturated rings. The molecule has 3 rings (SSSR count). The van der Waals surface area contributed by atoms with E-state index in [4.69, 9.17) is 4.74 Å². The molecule has 174 valence electrons. The van der Waals surface area contributed by atoms with Crippen molar-refractivity contribution in [2.24, 2.45) is 0 Å². The summed E-state index contributed by atoms with van der Waals surface area (Å²) in [5, 5.41) is 15.0. The van der Waals surface area contributed by atoms with Crippen molar-refractivity contribution in [1.82, 2.24) is 10.0 Å². The number of sulfonamides is 1. The van der Waals surface area contributed by atoms with Crippen molar-refractivity contribution in [1.29, 1.82) is 0 Å². The molecule has 1 aliphatic rings. The fourth-order valence-corrected chi connectivity index (χ4v) is 4.61. The topological polar surface area (TPSA) is 117 Å². The lowest BCUT2D eigenvalue weighted by Crippen LogP contribution is -2.52. The highest BCUT2D eigenvalue weighted by Gasteiger charge is 2.32. The standard InChI is InChI=1S/C22H28FN3O5S/c1-15-5-8-19(9-6-15)32(29,30)24-12-11-18-7-10-20(21(14-27)31-18)26-22(28)25-17-4-2-3-16(23)13-17/h2-6,8-9,13,18,20-21,24,27H,7,10-12,14H2,1H3,(H2,25,26,28)/t18-,20+,21+/m0/s1. The van der Waals surface area contributed by atoms with Gasteiger partial charge in [0.1, 0.15) is 11.9 Å². The number of anilines is 1. The van der Waals surface area contributed by atoms with E-state index >= 15 is 0 Å². The number of urea groups is 1. The van der Waals surface area contributed by atoms with Crippen LogP contribution in [0.25, 0.3) is 0 Å². The Bertz CT molecular complexity index is 1020. The molecule has 0 unspecified atom stereocenters. The lowest BCUT2D eigenvalue weighted by atomic mass is 9.97. The predicted octanol–water partition coefficient (Wildman–Crippen LogP) is 2.53. The monoisotopic (exact) mass is 465 g/mol. The van der Waals surface area contributed by atoms with Crippen LogP contribution >= 0.6 is 0 Å². The maximum atomic E-state index is 13.3. The molecule has 0 saturated carbocycles. The Morgan fingerprint density at radius 3 is 2.62 bits per heavy atom. The molecule has 1 aliphatic heterocycles. The third kappa shape index (κ3) is 6.73. The van der Waals surface area contributed by atoms with E-state index in [1.807, 2.05) is 6.92 Å². The second kappa shape index (κ2) is 10.9. The van der Waals surface area contributed by atoms with Crippen molar-refractivity contribution in [2.45, 2.75) is 49.3 Å². The minimum Gasteiger partial charge on any atom is -0.394 e.